The van der Waals surface area contributed by atoms with E-state index in [1.54, 1.807) is 6.92 Å². The van der Waals surface area contributed by atoms with Gasteiger partial charge in [0.05, 0.1) is 19.2 Å². The predicted molar refractivity (Wildman–Crippen MR) is 55.4 cm³/mol. The standard InChI is InChI=1S/C10H18N2O3/c1-2-15-10(14)12-6-4-3-5-8(12)9(13)7-11/h8H,2-7,11H2,1H3. The maximum atomic E-state index is 11.5. The average molecular weight is 214 g/mol. The lowest BCUT2D eigenvalue weighted by atomic mass is 9.99. The molecule has 1 atom stereocenters. The van der Waals surface area contributed by atoms with Gasteiger partial charge in [-0.05, 0) is 26.2 Å². The molecule has 0 spiro atoms. The highest BCUT2D eigenvalue weighted by Gasteiger charge is 2.31. The van der Waals surface area contributed by atoms with Crippen molar-refractivity contribution in [3.8, 4) is 0 Å². The van der Waals surface area contributed by atoms with Gasteiger partial charge in [0, 0.05) is 6.54 Å². The van der Waals surface area contributed by atoms with Crippen LogP contribution in [0, 0.1) is 0 Å². The summed E-state index contributed by atoms with van der Waals surface area (Å²) in [5, 5.41) is 0. The van der Waals surface area contributed by atoms with Gasteiger partial charge in [-0.2, -0.15) is 0 Å². The van der Waals surface area contributed by atoms with Crippen molar-refractivity contribution >= 4 is 11.9 Å². The number of nitrogens with two attached hydrogens (primary N) is 1. The van der Waals surface area contributed by atoms with Crippen LogP contribution in [0.5, 0.6) is 0 Å². The van der Waals surface area contributed by atoms with Gasteiger partial charge < -0.3 is 10.5 Å². The zero-order chi connectivity index (χ0) is 11.3. The molecule has 1 saturated heterocycles. The van der Waals surface area contributed by atoms with Crippen LogP contribution in [0.1, 0.15) is 26.2 Å². The van der Waals surface area contributed by atoms with Crippen LogP contribution in [0.15, 0.2) is 0 Å². The summed E-state index contributed by atoms with van der Waals surface area (Å²) in [5.41, 5.74) is 5.31. The molecule has 0 radical (unpaired) electrons. The molecule has 5 heteroatoms. The largest absolute Gasteiger partial charge is 0.450 e. The predicted octanol–water partition coefficient (Wildman–Crippen LogP) is 0.525. The van der Waals surface area contributed by atoms with E-state index in [1.165, 1.54) is 4.90 Å². The van der Waals surface area contributed by atoms with Crippen molar-refractivity contribution < 1.29 is 14.3 Å². The number of hydrogen-bond acceptors (Lipinski definition) is 4. The Morgan fingerprint density at radius 2 is 2.20 bits per heavy atom. The van der Waals surface area contributed by atoms with Crippen molar-refractivity contribution in [2.24, 2.45) is 5.73 Å². The van der Waals surface area contributed by atoms with E-state index in [9.17, 15) is 9.59 Å². The molecule has 1 amide bonds. The zero-order valence-corrected chi connectivity index (χ0v) is 9.07. The Morgan fingerprint density at radius 1 is 1.47 bits per heavy atom. The maximum absolute atomic E-state index is 11.5. The summed E-state index contributed by atoms with van der Waals surface area (Å²) in [6.07, 6.45) is 2.19. The summed E-state index contributed by atoms with van der Waals surface area (Å²) >= 11 is 0. The quantitative estimate of drug-likeness (QED) is 0.743. The zero-order valence-electron chi connectivity index (χ0n) is 9.07. The molecular weight excluding hydrogens is 196 g/mol. The normalized spacial score (nSPS) is 21.2. The van der Waals surface area contributed by atoms with Crippen LogP contribution in [0.2, 0.25) is 0 Å². The fraction of sp³-hybridized carbons (Fsp3) is 0.800. The van der Waals surface area contributed by atoms with Crippen molar-refractivity contribution in [2.45, 2.75) is 32.2 Å². The molecule has 15 heavy (non-hydrogen) atoms. The van der Waals surface area contributed by atoms with Crippen LogP contribution in [0.25, 0.3) is 0 Å². The van der Waals surface area contributed by atoms with Crippen molar-refractivity contribution in [3.05, 3.63) is 0 Å². The topological polar surface area (TPSA) is 72.6 Å². The minimum Gasteiger partial charge on any atom is -0.450 e. The highest BCUT2D eigenvalue weighted by atomic mass is 16.6. The molecule has 0 aromatic heterocycles. The second-order valence-electron chi connectivity index (χ2n) is 3.57. The van der Waals surface area contributed by atoms with Crippen LogP contribution in [-0.4, -0.2) is 42.5 Å². The SMILES string of the molecule is CCOC(=O)N1CCCCC1C(=O)CN. The molecule has 1 fully saturated rings. The van der Waals surface area contributed by atoms with E-state index in [2.05, 4.69) is 0 Å². The second kappa shape index (κ2) is 5.70. The number of hydrogen-bond donors (Lipinski definition) is 1. The van der Waals surface area contributed by atoms with Crippen molar-refractivity contribution in [1.82, 2.24) is 4.90 Å². The Kier molecular flexibility index (Phi) is 4.55. The molecule has 1 aliphatic heterocycles. The summed E-state index contributed by atoms with van der Waals surface area (Å²) in [6, 6.07) is -0.372. The molecule has 86 valence electrons. The third-order valence-electron chi connectivity index (χ3n) is 2.58. The highest BCUT2D eigenvalue weighted by Crippen LogP contribution is 2.18. The Labute approximate surface area is 89.6 Å². The van der Waals surface area contributed by atoms with Crippen LogP contribution >= 0.6 is 0 Å². The van der Waals surface area contributed by atoms with E-state index in [4.69, 9.17) is 10.5 Å². The third-order valence-corrected chi connectivity index (χ3v) is 2.58. The molecule has 1 aliphatic rings. The Balaban J connectivity index is 2.65. The fourth-order valence-electron chi connectivity index (χ4n) is 1.83. The fourth-order valence-corrected chi connectivity index (χ4v) is 1.83. The van der Waals surface area contributed by atoms with Crippen molar-refractivity contribution in [3.63, 3.8) is 0 Å². The summed E-state index contributed by atoms with van der Waals surface area (Å²) in [7, 11) is 0. The van der Waals surface area contributed by atoms with E-state index in [0.717, 1.165) is 12.8 Å². The van der Waals surface area contributed by atoms with Gasteiger partial charge in [0.25, 0.3) is 0 Å². The maximum Gasteiger partial charge on any atom is 0.410 e. The first kappa shape index (κ1) is 12.0. The number of ketones is 1. The Hall–Kier alpha value is -1.10. The molecule has 5 nitrogen and oxygen atoms in total. The van der Waals surface area contributed by atoms with E-state index in [-0.39, 0.29) is 18.4 Å². The van der Waals surface area contributed by atoms with Gasteiger partial charge in [0.2, 0.25) is 0 Å². The first-order valence-corrected chi connectivity index (χ1v) is 5.36. The minimum absolute atomic E-state index is 0.0133. The number of piperidine rings is 1. The van der Waals surface area contributed by atoms with Gasteiger partial charge >= 0.3 is 6.09 Å². The number of carbonyl (C=O) groups is 2. The van der Waals surface area contributed by atoms with Gasteiger partial charge in [0.1, 0.15) is 0 Å². The van der Waals surface area contributed by atoms with Gasteiger partial charge in [-0.25, -0.2) is 4.79 Å². The molecule has 0 bridgehead atoms. The molecule has 0 saturated carbocycles. The van der Waals surface area contributed by atoms with Crippen LogP contribution in [0.4, 0.5) is 4.79 Å². The molecule has 2 N–H and O–H groups in total. The number of nitrogens with zero attached hydrogens (tertiary/aromatic N) is 1. The Morgan fingerprint density at radius 3 is 2.80 bits per heavy atom. The molecule has 0 aromatic carbocycles. The number of amides is 1. The monoisotopic (exact) mass is 214 g/mol. The lowest BCUT2D eigenvalue weighted by Gasteiger charge is -2.33. The van der Waals surface area contributed by atoms with Crippen LogP contribution in [0.3, 0.4) is 0 Å². The van der Waals surface area contributed by atoms with E-state index in [0.29, 0.717) is 19.6 Å². The van der Waals surface area contributed by atoms with Crippen molar-refractivity contribution in [2.75, 3.05) is 19.7 Å². The molecule has 1 heterocycles. The van der Waals surface area contributed by atoms with Crippen molar-refractivity contribution in [1.29, 1.82) is 0 Å². The van der Waals surface area contributed by atoms with Gasteiger partial charge in [-0.15, -0.1) is 0 Å². The molecule has 1 rings (SSSR count). The van der Waals surface area contributed by atoms with Gasteiger partial charge in [-0.1, -0.05) is 0 Å². The summed E-state index contributed by atoms with van der Waals surface area (Å²) < 4.78 is 4.90. The first-order chi connectivity index (χ1) is 7.20. The van der Waals surface area contributed by atoms with Gasteiger partial charge in [-0.3, -0.25) is 9.69 Å². The number of likely N-dealkylation sites (tertiary alicyclic amines) is 1. The van der Waals surface area contributed by atoms with Gasteiger partial charge in [0.15, 0.2) is 5.78 Å². The van der Waals surface area contributed by atoms with E-state index < -0.39 is 6.09 Å². The lowest BCUT2D eigenvalue weighted by molar-refractivity contribution is -0.123. The first-order valence-electron chi connectivity index (χ1n) is 5.36. The number of rotatable bonds is 3. The number of carbonyl (C=O) groups excluding carboxylic acids is 2. The summed E-state index contributed by atoms with van der Waals surface area (Å²) in [5.74, 6) is -0.0808. The Bertz CT molecular complexity index is 243. The van der Waals surface area contributed by atoms with E-state index in [1.807, 2.05) is 0 Å². The molecular formula is C10H18N2O3. The summed E-state index contributed by atoms with van der Waals surface area (Å²) in [6.45, 7) is 2.66. The second-order valence-corrected chi connectivity index (χ2v) is 3.57. The van der Waals surface area contributed by atoms with Crippen LogP contribution < -0.4 is 5.73 Å². The molecule has 1 unspecified atom stereocenters. The average Bonchev–Trinajstić information content (AvgIpc) is 2.28. The van der Waals surface area contributed by atoms with E-state index >= 15 is 0 Å². The molecule has 0 aliphatic carbocycles. The smallest absolute Gasteiger partial charge is 0.410 e. The third kappa shape index (κ3) is 2.92. The van der Waals surface area contributed by atoms with Crippen LogP contribution in [-0.2, 0) is 9.53 Å². The highest BCUT2D eigenvalue weighted by molar-refractivity contribution is 5.88. The lowest BCUT2D eigenvalue weighted by Crippen LogP contribution is -2.49. The summed E-state index contributed by atoms with van der Waals surface area (Å²) in [4.78, 5) is 24.6. The number of Topliss-reactive ketones (excluding diaryl/α,β-unsaturated/α-hetero) is 1. The molecule has 0 aromatic rings. The number of ether oxygens (including phenoxy) is 1. The minimum atomic E-state index is -0.399.